The van der Waals surface area contributed by atoms with Gasteiger partial charge in [-0.1, -0.05) is 30.3 Å². The van der Waals surface area contributed by atoms with Gasteiger partial charge in [-0.05, 0) is 19.4 Å². The maximum absolute atomic E-state index is 11.5. The highest BCUT2D eigenvalue weighted by molar-refractivity contribution is 5.70. The number of cyclic esters (lactones) is 1. The maximum Gasteiger partial charge on any atom is 0.410 e. The quantitative estimate of drug-likeness (QED) is 0.781. The molecule has 86 valence electrons. The van der Waals surface area contributed by atoms with Crippen molar-refractivity contribution in [2.45, 2.75) is 32.4 Å². The molecule has 0 saturated carbocycles. The van der Waals surface area contributed by atoms with Crippen LogP contribution in [-0.4, -0.2) is 29.7 Å². The second-order valence-corrected chi connectivity index (χ2v) is 4.44. The molecule has 1 aliphatic heterocycles. The number of benzene rings is 1. The minimum absolute atomic E-state index is 0.00250. The molecule has 2 rings (SSSR count). The van der Waals surface area contributed by atoms with Crippen molar-refractivity contribution in [3.8, 4) is 0 Å². The fourth-order valence-corrected chi connectivity index (χ4v) is 1.95. The van der Waals surface area contributed by atoms with E-state index in [0.29, 0.717) is 6.54 Å². The maximum atomic E-state index is 11.5. The summed E-state index contributed by atoms with van der Waals surface area (Å²) < 4.78 is 5.33. The summed E-state index contributed by atoms with van der Waals surface area (Å²) in [4.78, 5) is 13.3. The molecule has 0 radical (unpaired) electrons. The molecule has 0 unspecified atom stereocenters. The van der Waals surface area contributed by atoms with E-state index < -0.39 is 0 Å². The molecule has 1 fully saturated rings. The SMILES string of the molecule is CC(C)N1C[C@@H](Cc2ccccc2)OC1=O. The van der Waals surface area contributed by atoms with Gasteiger partial charge in [0.15, 0.2) is 0 Å². The van der Waals surface area contributed by atoms with E-state index in [1.165, 1.54) is 5.56 Å². The molecule has 1 aliphatic rings. The first-order valence-electron chi connectivity index (χ1n) is 5.68. The zero-order valence-corrected chi connectivity index (χ0v) is 9.72. The molecular formula is C13H17NO2. The van der Waals surface area contributed by atoms with E-state index in [0.717, 1.165) is 6.42 Å². The molecule has 0 bridgehead atoms. The smallest absolute Gasteiger partial charge is 0.410 e. The highest BCUT2D eigenvalue weighted by Crippen LogP contribution is 2.17. The molecule has 1 aromatic rings. The molecule has 16 heavy (non-hydrogen) atoms. The second kappa shape index (κ2) is 4.56. The highest BCUT2D eigenvalue weighted by Gasteiger charge is 2.32. The minimum atomic E-state index is -0.184. The Morgan fingerprint density at radius 2 is 2.06 bits per heavy atom. The van der Waals surface area contributed by atoms with Crippen LogP contribution < -0.4 is 0 Å². The Morgan fingerprint density at radius 1 is 1.38 bits per heavy atom. The Kier molecular flexibility index (Phi) is 3.13. The standard InChI is InChI=1S/C13H17NO2/c1-10(2)14-9-12(16-13(14)15)8-11-6-4-3-5-7-11/h3-7,10,12H,8-9H2,1-2H3/t12-/m1/s1. The normalized spacial score (nSPS) is 20.3. The number of hydrogen-bond donors (Lipinski definition) is 0. The van der Waals surface area contributed by atoms with Gasteiger partial charge in [0.1, 0.15) is 6.10 Å². The van der Waals surface area contributed by atoms with Crippen molar-refractivity contribution in [3.05, 3.63) is 35.9 Å². The Hall–Kier alpha value is -1.51. The van der Waals surface area contributed by atoms with Crippen molar-refractivity contribution in [2.24, 2.45) is 0 Å². The summed E-state index contributed by atoms with van der Waals surface area (Å²) in [7, 11) is 0. The van der Waals surface area contributed by atoms with Crippen molar-refractivity contribution in [1.29, 1.82) is 0 Å². The first-order chi connectivity index (χ1) is 7.66. The molecule has 3 heteroatoms. The van der Waals surface area contributed by atoms with E-state index >= 15 is 0 Å². The lowest BCUT2D eigenvalue weighted by Gasteiger charge is -2.16. The molecule has 0 spiro atoms. The van der Waals surface area contributed by atoms with Gasteiger partial charge < -0.3 is 9.64 Å². The van der Waals surface area contributed by atoms with Gasteiger partial charge in [0, 0.05) is 12.5 Å². The lowest BCUT2D eigenvalue weighted by Crippen LogP contribution is -2.32. The van der Waals surface area contributed by atoms with Crippen LogP contribution in [0.1, 0.15) is 19.4 Å². The fraction of sp³-hybridized carbons (Fsp3) is 0.462. The Balaban J connectivity index is 1.97. The first-order valence-corrected chi connectivity index (χ1v) is 5.68. The Bertz CT molecular complexity index is 361. The molecule has 1 amide bonds. The van der Waals surface area contributed by atoms with Gasteiger partial charge in [0.05, 0.1) is 6.54 Å². The van der Waals surface area contributed by atoms with Crippen LogP contribution in [0.5, 0.6) is 0 Å². The van der Waals surface area contributed by atoms with E-state index in [4.69, 9.17) is 4.74 Å². The number of carbonyl (C=O) groups is 1. The monoisotopic (exact) mass is 219 g/mol. The number of ether oxygens (including phenoxy) is 1. The third kappa shape index (κ3) is 2.35. The van der Waals surface area contributed by atoms with Crippen LogP contribution >= 0.6 is 0 Å². The number of hydrogen-bond acceptors (Lipinski definition) is 2. The van der Waals surface area contributed by atoms with Crippen LogP contribution in [0.3, 0.4) is 0 Å². The summed E-state index contributed by atoms with van der Waals surface area (Å²) in [5, 5.41) is 0. The highest BCUT2D eigenvalue weighted by atomic mass is 16.6. The van der Waals surface area contributed by atoms with E-state index in [-0.39, 0.29) is 18.2 Å². The van der Waals surface area contributed by atoms with Crippen molar-refractivity contribution in [1.82, 2.24) is 4.90 Å². The van der Waals surface area contributed by atoms with Crippen molar-refractivity contribution in [3.63, 3.8) is 0 Å². The third-order valence-electron chi connectivity index (χ3n) is 2.83. The second-order valence-electron chi connectivity index (χ2n) is 4.44. The lowest BCUT2D eigenvalue weighted by molar-refractivity contribution is 0.129. The van der Waals surface area contributed by atoms with Gasteiger partial charge in [-0.2, -0.15) is 0 Å². The van der Waals surface area contributed by atoms with Crippen LogP contribution in [0.15, 0.2) is 30.3 Å². The Labute approximate surface area is 96.0 Å². The van der Waals surface area contributed by atoms with Crippen molar-refractivity contribution < 1.29 is 9.53 Å². The first kappa shape index (κ1) is 11.0. The molecular weight excluding hydrogens is 202 g/mol. The van der Waals surface area contributed by atoms with Crippen LogP contribution in [0.25, 0.3) is 0 Å². The molecule has 0 aromatic heterocycles. The average Bonchev–Trinajstić information content (AvgIpc) is 2.61. The zero-order chi connectivity index (χ0) is 11.5. The predicted molar refractivity (Wildman–Crippen MR) is 62.3 cm³/mol. The van der Waals surface area contributed by atoms with Gasteiger partial charge in [0.2, 0.25) is 0 Å². The van der Waals surface area contributed by atoms with Gasteiger partial charge >= 0.3 is 6.09 Å². The zero-order valence-electron chi connectivity index (χ0n) is 9.72. The largest absolute Gasteiger partial charge is 0.444 e. The lowest BCUT2D eigenvalue weighted by atomic mass is 10.1. The van der Waals surface area contributed by atoms with E-state index in [1.807, 2.05) is 32.0 Å². The number of rotatable bonds is 3. The van der Waals surface area contributed by atoms with Gasteiger partial charge in [-0.25, -0.2) is 4.79 Å². The summed E-state index contributed by atoms with van der Waals surface area (Å²) in [5.74, 6) is 0. The summed E-state index contributed by atoms with van der Waals surface area (Å²) >= 11 is 0. The van der Waals surface area contributed by atoms with Crippen molar-refractivity contribution in [2.75, 3.05) is 6.54 Å². The third-order valence-corrected chi connectivity index (χ3v) is 2.83. The average molecular weight is 219 g/mol. The van der Waals surface area contributed by atoms with Crippen LogP contribution in [0.2, 0.25) is 0 Å². The van der Waals surface area contributed by atoms with E-state index in [9.17, 15) is 4.79 Å². The summed E-state index contributed by atoms with van der Waals surface area (Å²) in [6.07, 6.45) is 0.615. The number of amides is 1. The summed E-state index contributed by atoms with van der Waals surface area (Å²) in [5.41, 5.74) is 1.21. The topological polar surface area (TPSA) is 29.5 Å². The molecule has 0 N–H and O–H groups in total. The molecule has 0 aliphatic carbocycles. The minimum Gasteiger partial charge on any atom is -0.444 e. The molecule has 1 atom stereocenters. The summed E-state index contributed by atoms with van der Waals surface area (Å²) in [6, 6.07) is 10.3. The van der Waals surface area contributed by atoms with Gasteiger partial charge in [0.25, 0.3) is 0 Å². The van der Waals surface area contributed by atoms with Crippen LogP contribution in [0.4, 0.5) is 4.79 Å². The van der Waals surface area contributed by atoms with Crippen LogP contribution in [0, 0.1) is 0 Å². The molecule has 1 heterocycles. The Morgan fingerprint density at radius 3 is 2.62 bits per heavy atom. The van der Waals surface area contributed by atoms with Crippen LogP contribution in [-0.2, 0) is 11.2 Å². The number of carbonyl (C=O) groups excluding carboxylic acids is 1. The van der Waals surface area contributed by atoms with Crippen molar-refractivity contribution >= 4 is 6.09 Å². The van der Waals surface area contributed by atoms with Gasteiger partial charge in [-0.15, -0.1) is 0 Å². The van der Waals surface area contributed by atoms with E-state index in [1.54, 1.807) is 4.90 Å². The molecule has 1 aromatic carbocycles. The van der Waals surface area contributed by atoms with Gasteiger partial charge in [-0.3, -0.25) is 0 Å². The molecule has 3 nitrogen and oxygen atoms in total. The molecule has 1 saturated heterocycles. The number of nitrogens with zero attached hydrogens (tertiary/aromatic N) is 1. The van der Waals surface area contributed by atoms with E-state index in [2.05, 4.69) is 12.1 Å². The summed E-state index contributed by atoms with van der Waals surface area (Å²) in [6.45, 7) is 4.71. The predicted octanol–water partition coefficient (Wildman–Crippen LogP) is 2.46. The fourth-order valence-electron chi connectivity index (χ4n) is 1.95.